The van der Waals surface area contributed by atoms with E-state index >= 15 is 0 Å². The average molecular weight is 99.0 g/mol. The maximum Gasteiger partial charge on any atom is 0.244 e. The summed E-state index contributed by atoms with van der Waals surface area (Å²) in [5.41, 5.74) is 1.43. The van der Waals surface area contributed by atoms with Gasteiger partial charge in [-0.25, -0.2) is 0 Å². The van der Waals surface area contributed by atoms with E-state index in [0.29, 0.717) is 0 Å². The lowest BCUT2D eigenvalue weighted by molar-refractivity contribution is -0.343. The van der Waals surface area contributed by atoms with Gasteiger partial charge in [-0.2, -0.15) is 0 Å². The summed E-state index contributed by atoms with van der Waals surface area (Å²) >= 11 is 0. The fourth-order valence-electron chi connectivity index (χ4n) is 0.447. The molecule has 0 aliphatic heterocycles. The first kappa shape index (κ1) is 6.73. The molecule has 1 nitrogen and oxygen atoms in total. The van der Waals surface area contributed by atoms with Crippen molar-refractivity contribution >= 4 is 13.1 Å². The van der Waals surface area contributed by atoms with E-state index in [1.54, 1.807) is 0 Å². The van der Waals surface area contributed by atoms with Crippen LogP contribution in [0.4, 0.5) is 0 Å². The van der Waals surface area contributed by atoms with Crippen LogP contribution >= 0.6 is 0 Å². The van der Waals surface area contributed by atoms with Crippen molar-refractivity contribution in [3.05, 3.63) is 0 Å². The van der Waals surface area contributed by atoms with Gasteiger partial charge in [0.1, 0.15) is 0 Å². The molecule has 7 heavy (non-hydrogen) atoms. The molecule has 2 heteroatoms. The maximum absolute atomic E-state index is 2.33. The number of hydrogen-bond donors (Lipinski definition) is 0. The van der Waals surface area contributed by atoms with Crippen molar-refractivity contribution in [2.45, 2.75) is 20.7 Å². The molecule has 0 atom stereocenters. The predicted octanol–water partition coefficient (Wildman–Crippen LogP) is 0.241. The molecule has 0 aromatic rings. The smallest absolute Gasteiger partial charge is 0.244 e. The summed E-state index contributed by atoms with van der Waals surface area (Å²) in [6.45, 7) is 6.56. The highest BCUT2D eigenvalue weighted by Crippen LogP contribution is 1.68. The second-order valence-electron chi connectivity index (χ2n) is 2.29. The molecule has 0 saturated heterocycles. The summed E-state index contributed by atoms with van der Waals surface area (Å²) < 4.78 is 2.33. The van der Waals surface area contributed by atoms with Crippen LogP contribution in [-0.4, -0.2) is 24.7 Å². The van der Waals surface area contributed by atoms with Gasteiger partial charge in [-0.1, -0.05) is 0 Å². The van der Waals surface area contributed by atoms with Gasteiger partial charge >= 0.3 is 0 Å². The van der Waals surface area contributed by atoms with Crippen molar-refractivity contribution in [3.63, 3.8) is 0 Å². The molecule has 0 bridgehead atoms. The lowest BCUT2D eigenvalue weighted by Gasteiger charge is -1.99. The van der Waals surface area contributed by atoms with E-state index < -0.39 is 0 Å². The van der Waals surface area contributed by atoms with Crippen LogP contribution in [0.25, 0.3) is 0 Å². The second kappa shape index (κ2) is 2.83. The highest BCUT2D eigenvalue weighted by Gasteiger charge is 1.83. The molecule has 0 aliphatic carbocycles. The summed E-state index contributed by atoms with van der Waals surface area (Å²) in [5.74, 6) is 0. The van der Waals surface area contributed by atoms with Gasteiger partial charge in [-0.15, -0.1) is 6.82 Å². The zero-order valence-corrected chi connectivity index (χ0v) is 5.95. The van der Waals surface area contributed by atoms with Crippen molar-refractivity contribution < 1.29 is 4.49 Å². The molecule has 0 radical (unpaired) electrons. The minimum absolute atomic E-state index is 0.190. The molecule has 0 saturated carbocycles. The normalized spacial score (nSPS) is 8.57. The van der Waals surface area contributed by atoms with Crippen molar-refractivity contribution in [1.82, 2.24) is 0 Å². The van der Waals surface area contributed by atoms with Gasteiger partial charge in [-0.3, -0.25) is 0 Å². The molecule has 0 aromatic carbocycles. The first-order valence-electron chi connectivity index (χ1n) is 3.12. The van der Waals surface area contributed by atoms with E-state index in [1.165, 1.54) is 5.71 Å². The molecule has 0 N–H and O–H groups in total. The van der Waals surface area contributed by atoms with Gasteiger partial charge in [-0.05, 0) is 0 Å². The van der Waals surface area contributed by atoms with Crippen molar-refractivity contribution in [1.29, 1.82) is 0 Å². The number of nitrogens with zero attached hydrogens (tertiary/aromatic N) is 1. The second-order valence-corrected chi connectivity index (χ2v) is 2.29. The van der Waals surface area contributed by atoms with Gasteiger partial charge < -0.3 is 4.49 Å². The van der Waals surface area contributed by atoms with Crippen molar-refractivity contribution in [3.8, 4) is 0 Å². The molecule has 0 heterocycles. The third-order valence-electron chi connectivity index (χ3n) is 1.57. The lowest BCUT2D eigenvalue weighted by atomic mass is 9.99. The lowest BCUT2D eigenvalue weighted by Crippen LogP contribution is -2.13. The Morgan fingerprint density at radius 3 is 1.86 bits per heavy atom. The Kier molecular flexibility index (Phi) is 2.73. The van der Waals surface area contributed by atoms with E-state index in [1.807, 2.05) is 0 Å². The van der Waals surface area contributed by atoms with Crippen LogP contribution in [-0.2, 0) is 0 Å². The van der Waals surface area contributed by atoms with Gasteiger partial charge in [0.2, 0.25) is 7.41 Å². The van der Waals surface area contributed by atoms with Gasteiger partial charge in [0.15, 0.2) is 0 Å². The van der Waals surface area contributed by atoms with Crippen molar-refractivity contribution in [2.24, 2.45) is 0 Å². The minimum Gasteiger partial charge on any atom is -0.466 e. The number of hydrogen-bond acceptors (Lipinski definition) is 0. The zero-order chi connectivity index (χ0) is 5.86. The van der Waals surface area contributed by atoms with Crippen LogP contribution in [0.1, 0.15) is 13.8 Å². The Hall–Kier alpha value is -0.265. The third kappa shape index (κ3) is 2.43. The van der Waals surface area contributed by atoms with Crippen LogP contribution in [0.3, 0.4) is 0 Å². The Morgan fingerprint density at radius 2 is 1.86 bits per heavy atom. The minimum atomic E-state index is 0.190. The SMILES string of the molecule is C[BH2-][N+](C)=C(C)C. The highest BCUT2D eigenvalue weighted by molar-refractivity contribution is 6.24. The molecule has 0 aliphatic rings. The van der Waals surface area contributed by atoms with E-state index in [9.17, 15) is 0 Å². The summed E-state index contributed by atoms with van der Waals surface area (Å²) in [5, 5.41) is 0. The summed E-state index contributed by atoms with van der Waals surface area (Å²) in [6, 6.07) is 0. The van der Waals surface area contributed by atoms with Crippen LogP contribution in [0.15, 0.2) is 0 Å². The molecular formula is C5H14BN. The Balaban J connectivity index is 3.72. The summed E-state index contributed by atoms with van der Waals surface area (Å²) in [7, 11) is 2.34. The molecule has 42 valence electrons. The highest BCUT2D eigenvalue weighted by atomic mass is 14.9. The topological polar surface area (TPSA) is 3.01 Å². The fourth-order valence-corrected chi connectivity index (χ4v) is 0.447. The monoisotopic (exact) mass is 99.1 g/mol. The van der Waals surface area contributed by atoms with Crippen molar-refractivity contribution in [2.75, 3.05) is 7.05 Å². The standard InChI is InChI=1S/C5H14BN/c1-5(2)7(4)6-3/h6H2,1-4H3. The van der Waals surface area contributed by atoms with E-state index in [0.717, 1.165) is 0 Å². The summed E-state index contributed by atoms with van der Waals surface area (Å²) in [6.07, 6.45) is 0. The van der Waals surface area contributed by atoms with Crippen LogP contribution in [0.2, 0.25) is 6.82 Å². The van der Waals surface area contributed by atoms with Gasteiger partial charge in [0.25, 0.3) is 0 Å². The summed E-state index contributed by atoms with van der Waals surface area (Å²) in [4.78, 5) is 0. The predicted molar refractivity (Wildman–Crippen MR) is 36.9 cm³/mol. The van der Waals surface area contributed by atoms with Gasteiger partial charge in [0, 0.05) is 13.8 Å². The van der Waals surface area contributed by atoms with Crippen LogP contribution in [0, 0.1) is 0 Å². The maximum atomic E-state index is 2.33. The van der Waals surface area contributed by atoms with Crippen LogP contribution < -0.4 is 0 Å². The molecule has 0 unspecified atom stereocenters. The van der Waals surface area contributed by atoms with E-state index in [-0.39, 0.29) is 7.41 Å². The van der Waals surface area contributed by atoms with Gasteiger partial charge in [0.05, 0.1) is 12.8 Å². The first-order chi connectivity index (χ1) is 3.18. The molecule has 0 fully saturated rings. The number of rotatable bonds is 1. The first-order valence-corrected chi connectivity index (χ1v) is 3.12. The van der Waals surface area contributed by atoms with Crippen LogP contribution in [0.5, 0.6) is 0 Å². The molecular weight excluding hydrogens is 84.9 g/mol. The largest absolute Gasteiger partial charge is 0.466 e. The third-order valence-corrected chi connectivity index (χ3v) is 1.57. The molecule has 0 amide bonds. The molecule has 0 spiro atoms. The van der Waals surface area contributed by atoms with E-state index in [4.69, 9.17) is 0 Å². The quantitative estimate of drug-likeness (QED) is 0.327. The Bertz CT molecular complexity index is 82.1. The van der Waals surface area contributed by atoms with E-state index in [2.05, 4.69) is 32.2 Å². The molecule has 0 rings (SSSR count). The molecule has 0 aromatic heterocycles. The Labute approximate surface area is 46.3 Å². The average Bonchev–Trinajstić information content (AvgIpc) is 1.65. The fraction of sp³-hybridized carbons (Fsp3) is 0.800. The zero-order valence-electron chi connectivity index (χ0n) is 5.95. The Morgan fingerprint density at radius 1 is 1.43 bits per heavy atom.